The van der Waals surface area contributed by atoms with E-state index in [1.165, 1.54) is 12.3 Å². The van der Waals surface area contributed by atoms with Crippen LogP contribution in [0, 0.1) is 0 Å². The van der Waals surface area contributed by atoms with Crippen molar-refractivity contribution in [2.45, 2.75) is 52.1 Å². The van der Waals surface area contributed by atoms with E-state index in [1.807, 2.05) is 13.8 Å². The number of ether oxygens (including phenoxy) is 1. The minimum Gasteiger partial charge on any atom is -0.481 e. The monoisotopic (exact) mass is 422 g/mol. The van der Waals surface area contributed by atoms with Gasteiger partial charge in [0.1, 0.15) is 5.75 Å². The molecule has 0 aliphatic rings. The SMILES string of the molecule is CCCc1cc2c(C(F)(F)F)noc2c(CCC)c1Oc1ncccc1CC(=O)O. The van der Waals surface area contributed by atoms with E-state index in [0.717, 1.165) is 0 Å². The van der Waals surface area contributed by atoms with Crippen LogP contribution in [-0.4, -0.2) is 21.2 Å². The van der Waals surface area contributed by atoms with Gasteiger partial charge in [-0.2, -0.15) is 13.2 Å². The Kier molecular flexibility index (Phi) is 6.28. The molecule has 0 aliphatic carbocycles. The maximum atomic E-state index is 13.4. The highest BCUT2D eigenvalue weighted by atomic mass is 19.4. The number of alkyl halides is 3. The van der Waals surface area contributed by atoms with E-state index in [4.69, 9.17) is 14.4 Å². The molecule has 0 bridgehead atoms. The smallest absolute Gasteiger partial charge is 0.437 e. The second-order valence-electron chi connectivity index (χ2n) is 6.89. The van der Waals surface area contributed by atoms with E-state index in [0.29, 0.717) is 48.1 Å². The van der Waals surface area contributed by atoms with Crippen LogP contribution in [0.2, 0.25) is 0 Å². The van der Waals surface area contributed by atoms with Gasteiger partial charge in [0.05, 0.1) is 11.8 Å². The highest BCUT2D eigenvalue weighted by Gasteiger charge is 2.38. The molecule has 1 N–H and O–H groups in total. The Balaban J connectivity index is 2.22. The van der Waals surface area contributed by atoms with Crippen molar-refractivity contribution in [3.05, 3.63) is 46.8 Å². The van der Waals surface area contributed by atoms with Crippen molar-refractivity contribution >= 4 is 16.9 Å². The molecule has 0 fully saturated rings. The summed E-state index contributed by atoms with van der Waals surface area (Å²) in [6, 6.07) is 4.58. The number of hydrogen-bond acceptors (Lipinski definition) is 5. The molecule has 3 rings (SSSR count). The number of aryl methyl sites for hydroxylation is 2. The van der Waals surface area contributed by atoms with Crippen molar-refractivity contribution in [2.75, 3.05) is 0 Å². The number of carbonyl (C=O) groups is 1. The van der Waals surface area contributed by atoms with E-state index in [2.05, 4.69) is 10.1 Å². The third-order valence-corrected chi connectivity index (χ3v) is 4.56. The maximum Gasteiger partial charge on any atom is 0.437 e. The molecule has 0 spiro atoms. The fourth-order valence-corrected chi connectivity index (χ4v) is 3.36. The first kappa shape index (κ1) is 21.6. The fraction of sp³-hybridized carbons (Fsp3) is 0.381. The van der Waals surface area contributed by atoms with E-state index >= 15 is 0 Å². The van der Waals surface area contributed by atoms with Gasteiger partial charge in [-0.05, 0) is 30.5 Å². The molecule has 1 aromatic carbocycles. The van der Waals surface area contributed by atoms with Crippen LogP contribution in [0.3, 0.4) is 0 Å². The summed E-state index contributed by atoms with van der Waals surface area (Å²) in [7, 11) is 0. The Bertz CT molecular complexity index is 1060. The van der Waals surface area contributed by atoms with Crippen LogP contribution >= 0.6 is 0 Å². The molecule has 0 radical (unpaired) electrons. The summed E-state index contributed by atoms with van der Waals surface area (Å²) >= 11 is 0. The number of carboxylic acid groups (broad SMARTS) is 1. The van der Waals surface area contributed by atoms with Crippen molar-refractivity contribution in [2.24, 2.45) is 0 Å². The van der Waals surface area contributed by atoms with Gasteiger partial charge in [-0.25, -0.2) is 4.98 Å². The van der Waals surface area contributed by atoms with Crippen LogP contribution in [0.15, 0.2) is 28.9 Å². The van der Waals surface area contributed by atoms with Crippen LogP contribution in [0.1, 0.15) is 49.1 Å². The quantitative estimate of drug-likeness (QED) is 0.511. The zero-order chi connectivity index (χ0) is 21.9. The summed E-state index contributed by atoms with van der Waals surface area (Å²) in [5, 5.41) is 12.3. The second kappa shape index (κ2) is 8.73. The predicted molar refractivity (Wildman–Crippen MR) is 103 cm³/mol. The first-order valence-corrected chi connectivity index (χ1v) is 9.61. The Morgan fingerprint density at radius 3 is 2.57 bits per heavy atom. The van der Waals surface area contributed by atoms with Crippen molar-refractivity contribution in [3.8, 4) is 11.6 Å². The summed E-state index contributed by atoms with van der Waals surface area (Å²) in [5.74, 6) is -0.596. The minimum atomic E-state index is -4.64. The molecule has 160 valence electrons. The molecule has 0 unspecified atom stereocenters. The Hall–Kier alpha value is -3.10. The van der Waals surface area contributed by atoms with Crippen molar-refractivity contribution in [1.82, 2.24) is 10.1 Å². The van der Waals surface area contributed by atoms with Crippen molar-refractivity contribution in [1.29, 1.82) is 0 Å². The normalized spacial score (nSPS) is 11.8. The van der Waals surface area contributed by atoms with Gasteiger partial charge < -0.3 is 14.4 Å². The lowest BCUT2D eigenvalue weighted by Crippen LogP contribution is -2.07. The Morgan fingerprint density at radius 1 is 1.20 bits per heavy atom. The van der Waals surface area contributed by atoms with Crippen LogP contribution in [0.5, 0.6) is 11.6 Å². The number of pyridine rings is 1. The molecule has 0 saturated heterocycles. The minimum absolute atomic E-state index is 0.0229. The molecule has 0 atom stereocenters. The average molecular weight is 422 g/mol. The molecule has 6 nitrogen and oxygen atoms in total. The number of hydrogen-bond donors (Lipinski definition) is 1. The zero-order valence-corrected chi connectivity index (χ0v) is 16.5. The fourth-order valence-electron chi connectivity index (χ4n) is 3.36. The third kappa shape index (κ3) is 4.39. The predicted octanol–water partition coefficient (Wildman–Crippen LogP) is 5.57. The van der Waals surface area contributed by atoms with Gasteiger partial charge in [-0.3, -0.25) is 4.79 Å². The number of carboxylic acids is 1. The number of aromatic nitrogens is 2. The summed E-state index contributed by atoms with van der Waals surface area (Å²) in [5.41, 5.74) is 0.351. The first-order valence-electron chi connectivity index (χ1n) is 9.61. The van der Waals surface area contributed by atoms with Crippen molar-refractivity contribution < 1.29 is 32.3 Å². The number of rotatable bonds is 8. The van der Waals surface area contributed by atoms with E-state index in [-0.39, 0.29) is 23.3 Å². The molecule has 2 aromatic heterocycles. The summed E-state index contributed by atoms with van der Waals surface area (Å²) < 4.78 is 51.3. The van der Waals surface area contributed by atoms with E-state index in [1.54, 1.807) is 12.1 Å². The summed E-state index contributed by atoms with van der Waals surface area (Å²) in [6.45, 7) is 3.79. The van der Waals surface area contributed by atoms with Crippen LogP contribution in [0.4, 0.5) is 13.2 Å². The molecule has 3 aromatic rings. The molecular weight excluding hydrogens is 401 g/mol. The molecule has 30 heavy (non-hydrogen) atoms. The van der Waals surface area contributed by atoms with Crippen molar-refractivity contribution in [3.63, 3.8) is 0 Å². The van der Waals surface area contributed by atoms with E-state index < -0.39 is 17.8 Å². The number of benzene rings is 1. The molecular formula is C21H21F3N2O4. The average Bonchev–Trinajstić information content (AvgIpc) is 3.09. The first-order chi connectivity index (χ1) is 14.3. The standard InChI is InChI=1S/C21H21F3N2O4/c1-3-6-12-10-15-18(30-26-19(15)21(22,23)24)14(7-4-2)17(12)29-20-13(11-16(27)28)8-5-9-25-20/h5,8-10H,3-4,6-7,11H2,1-2H3,(H,27,28). The highest BCUT2D eigenvalue weighted by molar-refractivity contribution is 5.86. The topological polar surface area (TPSA) is 85.5 Å². The zero-order valence-electron chi connectivity index (χ0n) is 16.5. The van der Waals surface area contributed by atoms with E-state index in [9.17, 15) is 18.0 Å². The largest absolute Gasteiger partial charge is 0.481 e. The van der Waals surface area contributed by atoms with Gasteiger partial charge in [0.25, 0.3) is 0 Å². The van der Waals surface area contributed by atoms with Gasteiger partial charge in [0.2, 0.25) is 5.88 Å². The number of nitrogens with zero attached hydrogens (tertiary/aromatic N) is 2. The third-order valence-electron chi connectivity index (χ3n) is 4.56. The lowest BCUT2D eigenvalue weighted by Gasteiger charge is -2.17. The van der Waals surface area contributed by atoms with Crippen LogP contribution in [0.25, 0.3) is 11.0 Å². The number of aliphatic carboxylic acids is 1. The number of fused-ring (bicyclic) bond motifs is 1. The molecule has 2 heterocycles. The van der Waals surface area contributed by atoms with Gasteiger partial charge in [-0.1, -0.05) is 37.9 Å². The summed E-state index contributed by atoms with van der Waals surface area (Å²) in [4.78, 5) is 15.3. The highest BCUT2D eigenvalue weighted by Crippen LogP contribution is 2.42. The maximum absolute atomic E-state index is 13.4. The Labute approximate surface area is 170 Å². The van der Waals surface area contributed by atoms with Gasteiger partial charge in [0, 0.05) is 17.3 Å². The molecule has 0 saturated carbocycles. The lowest BCUT2D eigenvalue weighted by molar-refractivity contribution is -0.141. The second-order valence-corrected chi connectivity index (χ2v) is 6.89. The van der Waals surface area contributed by atoms with Gasteiger partial charge >= 0.3 is 12.1 Å². The van der Waals surface area contributed by atoms with Crippen LogP contribution in [-0.2, 0) is 30.2 Å². The van der Waals surface area contributed by atoms with Gasteiger partial charge in [-0.15, -0.1) is 0 Å². The Morgan fingerprint density at radius 2 is 1.93 bits per heavy atom. The number of halogens is 3. The molecule has 9 heteroatoms. The van der Waals surface area contributed by atoms with Crippen LogP contribution < -0.4 is 4.74 Å². The van der Waals surface area contributed by atoms with Gasteiger partial charge in [0.15, 0.2) is 11.3 Å². The molecule has 0 aliphatic heterocycles. The summed E-state index contributed by atoms with van der Waals surface area (Å²) in [6.07, 6.45) is -1.30. The molecule has 0 amide bonds. The lowest BCUT2D eigenvalue weighted by atomic mass is 9.97.